The van der Waals surface area contributed by atoms with Gasteiger partial charge in [-0.05, 0) is 42.0 Å². The number of thiazole rings is 1. The lowest BCUT2D eigenvalue weighted by molar-refractivity contribution is 0.628. The van der Waals surface area contributed by atoms with Crippen LogP contribution in [0.4, 0.5) is 4.39 Å². The van der Waals surface area contributed by atoms with Gasteiger partial charge in [0.15, 0.2) is 3.95 Å². The first-order chi connectivity index (χ1) is 6.25. The zero-order valence-electron chi connectivity index (χ0n) is 6.58. The Kier molecular flexibility index (Phi) is 2.24. The molecule has 66 valence electrons. The van der Waals surface area contributed by atoms with E-state index in [1.54, 1.807) is 12.1 Å². The molecule has 1 heterocycles. The molecule has 0 amide bonds. The van der Waals surface area contributed by atoms with Crippen molar-refractivity contribution in [3.8, 4) is 11.3 Å². The topological polar surface area (TPSA) is 15.8 Å². The van der Waals surface area contributed by atoms with Gasteiger partial charge in [0.05, 0.1) is 5.69 Å². The van der Waals surface area contributed by atoms with Gasteiger partial charge in [-0.3, -0.25) is 0 Å². The molecule has 0 spiro atoms. The second-order valence-corrected chi connectivity index (χ2v) is 4.12. The smallest absolute Gasteiger partial charge is 0.158 e. The zero-order chi connectivity index (χ0) is 9.26. The summed E-state index contributed by atoms with van der Waals surface area (Å²) in [4.78, 5) is 3.02. The van der Waals surface area contributed by atoms with Crippen LogP contribution in [0.25, 0.3) is 11.3 Å². The highest BCUT2D eigenvalue weighted by Gasteiger charge is 1.98. The Morgan fingerprint density at radius 1 is 1.23 bits per heavy atom. The van der Waals surface area contributed by atoms with Gasteiger partial charge < -0.3 is 4.98 Å². The molecular weight excluding hydrogens is 205 g/mol. The number of H-pyrrole nitrogens is 1. The maximum Gasteiger partial charge on any atom is 0.158 e. The van der Waals surface area contributed by atoms with Crippen LogP contribution < -0.4 is 0 Å². The molecule has 0 atom stereocenters. The Bertz CT molecular complexity index is 455. The summed E-state index contributed by atoms with van der Waals surface area (Å²) in [6.45, 7) is 0. The van der Waals surface area contributed by atoms with Crippen molar-refractivity contribution in [2.24, 2.45) is 0 Å². The third kappa shape index (κ3) is 1.84. The van der Waals surface area contributed by atoms with E-state index in [0.717, 1.165) is 15.2 Å². The van der Waals surface area contributed by atoms with Gasteiger partial charge in [0, 0.05) is 5.38 Å². The lowest BCUT2D eigenvalue weighted by atomic mass is 10.2. The van der Waals surface area contributed by atoms with E-state index in [4.69, 9.17) is 12.2 Å². The van der Waals surface area contributed by atoms with Gasteiger partial charge in [-0.1, -0.05) is 0 Å². The SMILES string of the molecule is Fc1ccc(-c2csc(=S)[nH]2)cc1. The van der Waals surface area contributed by atoms with Gasteiger partial charge in [-0.25, -0.2) is 4.39 Å². The van der Waals surface area contributed by atoms with Gasteiger partial charge in [0.25, 0.3) is 0 Å². The Hall–Kier alpha value is -1.00. The molecule has 0 aliphatic heterocycles. The molecule has 0 radical (unpaired) electrons. The molecule has 1 aromatic carbocycles. The Balaban J connectivity index is 2.47. The molecule has 2 aromatic rings. The predicted octanol–water partition coefficient (Wildman–Crippen LogP) is 3.61. The van der Waals surface area contributed by atoms with Crippen molar-refractivity contribution in [1.82, 2.24) is 4.98 Å². The molecule has 0 saturated heterocycles. The number of hydrogen-bond acceptors (Lipinski definition) is 2. The van der Waals surface area contributed by atoms with E-state index in [1.807, 2.05) is 5.38 Å². The third-order valence-corrected chi connectivity index (χ3v) is 2.74. The van der Waals surface area contributed by atoms with Crippen molar-refractivity contribution in [1.29, 1.82) is 0 Å². The van der Waals surface area contributed by atoms with Gasteiger partial charge in [0.2, 0.25) is 0 Å². The van der Waals surface area contributed by atoms with E-state index < -0.39 is 0 Å². The number of nitrogens with one attached hydrogen (secondary N) is 1. The van der Waals surface area contributed by atoms with Crippen LogP contribution in [0, 0.1) is 9.77 Å². The van der Waals surface area contributed by atoms with E-state index in [9.17, 15) is 4.39 Å². The quantitative estimate of drug-likeness (QED) is 0.712. The summed E-state index contributed by atoms with van der Waals surface area (Å²) in [7, 11) is 0. The molecule has 1 aromatic heterocycles. The van der Waals surface area contributed by atoms with Crippen molar-refractivity contribution in [2.45, 2.75) is 0 Å². The van der Waals surface area contributed by atoms with Gasteiger partial charge >= 0.3 is 0 Å². The van der Waals surface area contributed by atoms with Crippen LogP contribution in [0.2, 0.25) is 0 Å². The van der Waals surface area contributed by atoms with Crippen LogP contribution in [-0.2, 0) is 0 Å². The molecule has 1 N–H and O–H groups in total. The number of halogens is 1. The Morgan fingerprint density at radius 3 is 2.46 bits per heavy atom. The average Bonchev–Trinajstić information content (AvgIpc) is 2.53. The van der Waals surface area contributed by atoms with Gasteiger partial charge in [0.1, 0.15) is 5.82 Å². The van der Waals surface area contributed by atoms with Crippen LogP contribution in [0.5, 0.6) is 0 Å². The molecule has 13 heavy (non-hydrogen) atoms. The lowest BCUT2D eigenvalue weighted by Crippen LogP contribution is -1.77. The van der Waals surface area contributed by atoms with Gasteiger partial charge in [-0.2, -0.15) is 0 Å². The van der Waals surface area contributed by atoms with E-state index in [0.29, 0.717) is 0 Å². The van der Waals surface area contributed by atoms with Crippen molar-refractivity contribution in [2.75, 3.05) is 0 Å². The molecule has 0 bridgehead atoms. The van der Waals surface area contributed by atoms with E-state index in [-0.39, 0.29) is 5.82 Å². The first-order valence-corrected chi connectivity index (χ1v) is 4.98. The summed E-state index contributed by atoms with van der Waals surface area (Å²) < 4.78 is 13.3. The molecule has 0 unspecified atom stereocenters. The molecule has 2 rings (SSSR count). The standard InChI is InChI=1S/C9H6FNS2/c10-7-3-1-6(2-4-7)8-5-13-9(12)11-8/h1-5H,(H,11,12). The highest BCUT2D eigenvalue weighted by Crippen LogP contribution is 2.19. The molecule has 0 saturated carbocycles. The summed E-state index contributed by atoms with van der Waals surface area (Å²) >= 11 is 6.42. The monoisotopic (exact) mass is 211 g/mol. The normalized spacial score (nSPS) is 10.2. The third-order valence-electron chi connectivity index (χ3n) is 1.68. The van der Waals surface area contributed by atoms with Crippen LogP contribution in [0.1, 0.15) is 0 Å². The van der Waals surface area contributed by atoms with Crippen LogP contribution >= 0.6 is 23.6 Å². The fraction of sp³-hybridized carbons (Fsp3) is 0. The predicted molar refractivity (Wildman–Crippen MR) is 54.9 cm³/mol. The number of hydrogen-bond donors (Lipinski definition) is 1. The van der Waals surface area contributed by atoms with Crippen LogP contribution in [0.15, 0.2) is 29.6 Å². The summed E-state index contributed by atoms with van der Waals surface area (Å²) in [6, 6.07) is 6.32. The Morgan fingerprint density at radius 2 is 1.92 bits per heavy atom. The number of rotatable bonds is 1. The molecule has 4 heteroatoms. The summed E-state index contributed by atoms with van der Waals surface area (Å²) in [5, 5.41) is 1.93. The summed E-state index contributed by atoms with van der Waals surface area (Å²) in [5.41, 5.74) is 1.89. The summed E-state index contributed by atoms with van der Waals surface area (Å²) in [6.07, 6.45) is 0. The van der Waals surface area contributed by atoms with Crippen molar-refractivity contribution >= 4 is 23.6 Å². The highest BCUT2D eigenvalue weighted by atomic mass is 32.1. The Labute approximate surface area is 83.9 Å². The second kappa shape index (κ2) is 3.40. The first-order valence-electron chi connectivity index (χ1n) is 3.69. The minimum Gasteiger partial charge on any atom is -0.337 e. The molecule has 0 aliphatic carbocycles. The first kappa shape index (κ1) is 8.59. The van der Waals surface area contributed by atoms with Gasteiger partial charge in [-0.15, -0.1) is 11.3 Å². The maximum absolute atomic E-state index is 12.6. The van der Waals surface area contributed by atoms with Crippen LogP contribution in [0.3, 0.4) is 0 Å². The minimum atomic E-state index is -0.224. The summed E-state index contributed by atoms with van der Waals surface area (Å²) in [5.74, 6) is -0.224. The largest absolute Gasteiger partial charge is 0.337 e. The molecule has 0 fully saturated rings. The number of aromatic amines is 1. The maximum atomic E-state index is 12.6. The van der Waals surface area contributed by atoms with Crippen molar-refractivity contribution in [3.63, 3.8) is 0 Å². The molecular formula is C9H6FNS2. The van der Waals surface area contributed by atoms with E-state index >= 15 is 0 Å². The second-order valence-electron chi connectivity index (χ2n) is 2.57. The molecule has 1 nitrogen and oxygen atoms in total. The van der Waals surface area contributed by atoms with Crippen molar-refractivity contribution in [3.05, 3.63) is 39.4 Å². The average molecular weight is 211 g/mol. The fourth-order valence-electron chi connectivity index (χ4n) is 1.05. The minimum absolute atomic E-state index is 0.224. The number of benzene rings is 1. The highest BCUT2D eigenvalue weighted by molar-refractivity contribution is 7.73. The van der Waals surface area contributed by atoms with E-state index in [2.05, 4.69) is 4.98 Å². The number of aromatic nitrogens is 1. The van der Waals surface area contributed by atoms with Crippen molar-refractivity contribution < 1.29 is 4.39 Å². The van der Waals surface area contributed by atoms with Crippen LogP contribution in [-0.4, -0.2) is 4.98 Å². The zero-order valence-corrected chi connectivity index (χ0v) is 8.21. The molecule has 0 aliphatic rings. The lowest BCUT2D eigenvalue weighted by Gasteiger charge is -1.95. The van der Waals surface area contributed by atoms with E-state index in [1.165, 1.54) is 23.5 Å². The fourth-order valence-corrected chi connectivity index (χ4v) is 1.89.